The Bertz CT molecular complexity index is 598. The summed E-state index contributed by atoms with van der Waals surface area (Å²) >= 11 is 5.34. The van der Waals surface area contributed by atoms with Gasteiger partial charge in [-0.1, -0.05) is 21.1 Å². The van der Waals surface area contributed by atoms with Crippen molar-refractivity contribution in [2.45, 2.75) is 6.04 Å². The zero-order chi connectivity index (χ0) is 14.1. The van der Waals surface area contributed by atoms with Crippen molar-refractivity contribution in [1.82, 2.24) is 15.0 Å². The Labute approximate surface area is 130 Å². The quantitative estimate of drug-likeness (QED) is 0.836. The molecule has 0 bridgehead atoms. The summed E-state index contributed by atoms with van der Waals surface area (Å²) in [6.45, 7) is 1.04. The number of rotatable bonds is 2. The van der Waals surface area contributed by atoms with Crippen molar-refractivity contribution in [3.63, 3.8) is 0 Å². The summed E-state index contributed by atoms with van der Waals surface area (Å²) in [4.78, 5) is 6.79. The van der Waals surface area contributed by atoms with Crippen LogP contribution in [0.25, 0.3) is 11.5 Å². The molecule has 0 spiro atoms. The molecule has 7 heteroatoms. The van der Waals surface area contributed by atoms with Gasteiger partial charge in [0.05, 0.1) is 6.04 Å². The first-order valence-electron chi connectivity index (χ1n) is 6.31. The van der Waals surface area contributed by atoms with E-state index in [0.29, 0.717) is 11.6 Å². The highest BCUT2D eigenvalue weighted by molar-refractivity contribution is 9.10. The van der Waals surface area contributed by atoms with Gasteiger partial charge in [0.2, 0.25) is 0 Å². The maximum absolute atomic E-state index is 5.84. The van der Waals surface area contributed by atoms with E-state index in [9.17, 15) is 0 Å². The number of nitrogens with two attached hydrogens (primary N) is 1. The molecule has 0 saturated carbocycles. The molecule has 1 aliphatic heterocycles. The summed E-state index contributed by atoms with van der Waals surface area (Å²) in [5.74, 6) is 3.40. The third kappa shape index (κ3) is 2.84. The SMILES string of the molecule is CN1CCSCC1c1noc(-c2cc(N)cc(Br)c2)n1. The molecule has 1 saturated heterocycles. The normalized spacial score (nSPS) is 20.2. The van der Waals surface area contributed by atoms with Crippen LogP contribution in [0.4, 0.5) is 5.69 Å². The topological polar surface area (TPSA) is 68.2 Å². The van der Waals surface area contributed by atoms with Crippen LogP contribution in [-0.4, -0.2) is 40.1 Å². The maximum Gasteiger partial charge on any atom is 0.258 e. The number of aromatic nitrogens is 2. The highest BCUT2D eigenvalue weighted by Gasteiger charge is 2.26. The van der Waals surface area contributed by atoms with Crippen molar-refractivity contribution < 1.29 is 4.52 Å². The van der Waals surface area contributed by atoms with E-state index in [1.165, 1.54) is 0 Å². The maximum atomic E-state index is 5.84. The van der Waals surface area contributed by atoms with Crippen LogP contribution < -0.4 is 5.73 Å². The number of hydrogen-bond donors (Lipinski definition) is 1. The molecule has 1 fully saturated rings. The fraction of sp³-hybridized carbons (Fsp3) is 0.385. The molecule has 1 atom stereocenters. The number of halogens is 1. The van der Waals surface area contributed by atoms with Gasteiger partial charge in [0.1, 0.15) is 0 Å². The minimum atomic E-state index is 0.218. The van der Waals surface area contributed by atoms with Gasteiger partial charge in [-0.05, 0) is 25.2 Å². The first kappa shape index (κ1) is 13.9. The molecule has 1 aliphatic rings. The summed E-state index contributed by atoms with van der Waals surface area (Å²) in [6, 6.07) is 5.82. The minimum absolute atomic E-state index is 0.218. The van der Waals surface area contributed by atoms with Crippen molar-refractivity contribution in [2.24, 2.45) is 0 Å². The first-order chi connectivity index (χ1) is 9.63. The molecule has 2 heterocycles. The highest BCUT2D eigenvalue weighted by Crippen LogP contribution is 2.29. The summed E-state index contributed by atoms with van der Waals surface area (Å²) in [5, 5.41) is 4.13. The predicted octanol–water partition coefficient (Wildman–Crippen LogP) is 2.80. The largest absolute Gasteiger partial charge is 0.399 e. The van der Waals surface area contributed by atoms with E-state index in [1.807, 2.05) is 30.0 Å². The third-order valence-corrected chi connectivity index (χ3v) is 4.78. The van der Waals surface area contributed by atoms with Gasteiger partial charge < -0.3 is 10.3 Å². The molecule has 1 unspecified atom stereocenters. The summed E-state index contributed by atoms with van der Waals surface area (Å²) in [6.07, 6.45) is 0. The number of thioether (sulfide) groups is 1. The van der Waals surface area contributed by atoms with Crippen LogP contribution in [0.1, 0.15) is 11.9 Å². The van der Waals surface area contributed by atoms with Crippen LogP contribution in [0.5, 0.6) is 0 Å². The summed E-state index contributed by atoms with van der Waals surface area (Å²) < 4.78 is 6.29. The number of nitrogens with zero attached hydrogens (tertiary/aromatic N) is 3. The van der Waals surface area contributed by atoms with Crippen molar-refractivity contribution >= 4 is 33.4 Å². The minimum Gasteiger partial charge on any atom is -0.399 e. The number of benzene rings is 1. The Hall–Kier alpha value is -1.05. The van der Waals surface area contributed by atoms with Gasteiger partial charge in [-0.3, -0.25) is 4.90 Å². The average Bonchev–Trinajstić information content (AvgIpc) is 2.87. The lowest BCUT2D eigenvalue weighted by Gasteiger charge is -2.29. The Morgan fingerprint density at radius 1 is 1.45 bits per heavy atom. The van der Waals surface area contributed by atoms with E-state index >= 15 is 0 Å². The lowest BCUT2D eigenvalue weighted by Crippen LogP contribution is -2.33. The highest BCUT2D eigenvalue weighted by atomic mass is 79.9. The molecule has 2 N–H and O–H groups in total. The van der Waals surface area contributed by atoms with Crippen LogP contribution in [0, 0.1) is 0 Å². The van der Waals surface area contributed by atoms with Crippen molar-refractivity contribution in [3.8, 4) is 11.5 Å². The Morgan fingerprint density at radius 3 is 3.05 bits per heavy atom. The van der Waals surface area contributed by atoms with E-state index < -0.39 is 0 Å². The standard InChI is InChI=1S/C13H15BrN4OS/c1-18-2-3-20-7-11(18)12-16-13(19-17-12)8-4-9(14)6-10(15)5-8/h4-6,11H,2-3,7,15H2,1H3. The fourth-order valence-electron chi connectivity index (χ4n) is 2.18. The van der Waals surface area contributed by atoms with Gasteiger partial charge in [0.25, 0.3) is 5.89 Å². The lowest BCUT2D eigenvalue weighted by molar-refractivity contribution is 0.257. The summed E-state index contributed by atoms with van der Waals surface area (Å²) in [5.41, 5.74) is 7.34. The van der Waals surface area contributed by atoms with Crippen LogP contribution in [-0.2, 0) is 0 Å². The zero-order valence-corrected chi connectivity index (χ0v) is 13.4. The second kappa shape index (κ2) is 5.75. The van der Waals surface area contributed by atoms with Crippen molar-refractivity contribution in [2.75, 3.05) is 30.8 Å². The molecule has 5 nitrogen and oxygen atoms in total. The molecular formula is C13H15BrN4OS. The first-order valence-corrected chi connectivity index (χ1v) is 8.26. The number of hydrogen-bond acceptors (Lipinski definition) is 6. The van der Waals surface area contributed by atoms with Crippen LogP contribution in [0.15, 0.2) is 27.2 Å². The third-order valence-electron chi connectivity index (χ3n) is 3.30. The van der Waals surface area contributed by atoms with Crippen LogP contribution in [0.3, 0.4) is 0 Å². The molecular weight excluding hydrogens is 340 g/mol. The van der Waals surface area contributed by atoms with E-state index in [-0.39, 0.29) is 6.04 Å². The predicted molar refractivity (Wildman–Crippen MR) is 84.5 cm³/mol. The molecule has 1 aromatic carbocycles. The Kier molecular flexibility index (Phi) is 4.00. The molecule has 20 heavy (non-hydrogen) atoms. The van der Waals surface area contributed by atoms with Gasteiger partial charge in [0.15, 0.2) is 5.82 Å². The zero-order valence-electron chi connectivity index (χ0n) is 11.0. The molecule has 0 aliphatic carbocycles. The Balaban J connectivity index is 1.89. The van der Waals surface area contributed by atoms with Gasteiger partial charge in [-0.2, -0.15) is 16.7 Å². The second-order valence-electron chi connectivity index (χ2n) is 4.80. The van der Waals surface area contributed by atoms with Gasteiger partial charge in [0, 0.05) is 33.8 Å². The molecule has 1 aromatic heterocycles. The number of anilines is 1. The Morgan fingerprint density at radius 2 is 2.30 bits per heavy atom. The van der Waals surface area contributed by atoms with Gasteiger partial charge >= 0.3 is 0 Å². The molecule has 0 amide bonds. The van der Waals surface area contributed by atoms with E-state index in [1.54, 1.807) is 0 Å². The van der Waals surface area contributed by atoms with Gasteiger partial charge in [-0.15, -0.1) is 0 Å². The number of nitrogen functional groups attached to an aromatic ring is 1. The van der Waals surface area contributed by atoms with E-state index in [4.69, 9.17) is 10.3 Å². The second-order valence-corrected chi connectivity index (χ2v) is 6.87. The van der Waals surface area contributed by atoms with Crippen LogP contribution in [0.2, 0.25) is 0 Å². The smallest absolute Gasteiger partial charge is 0.258 e. The summed E-state index contributed by atoms with van der Waals surface area (Å²) in [7, 11) is 2.09. The van der Waals surface area contributed by atoms with Gasteiger partial charge in [-0.25, -0.2) is 0 Å². The van der Waals surface area contributed by atoms with Crippen LogP contribution >= 0.6 is 27.7 Å². The molecule has 3 rings (SSSR count). The van der Waals surface area contributed by atoms with E-state index in [0.717, 1.165) is 33.9 Å². The average molecular weight is 355 g/mol. The van der Waals surface area contributed by atoms with E-state index in [2.05, 4.69) is 38.0 Å². The fourth-order valence-corrected chi connectivity index (χ4v) is 3.90. The van der Waals surface area contributed by atoms with Crippen molar-refractivity contribution in [3.05, 3.63) is 28.5 Å². The molecule has 106 valence electrons. The molecule has 0 radical (unpaired) electrons. The lowest BCUT2D eigenvalue weighted by atomic mass is 10.2. The van der Waals surface area contributed by atoms with Crippen molar-refractivity contribution in [1.29, 1.82) is 0 Å². The molecule has 2 aromatic rings. The monoisotopic (exact) mass is 354 g/mol.